The standard InChI is InChI=1S/C16H25N3O2.ClH/c1-19(14-6-4-9-17-10-8-14)12-16(20)18-13-5-3-7-15(11-13)21-2;/h3,5,7,11,14,17H,4,6,8-10,12H2,1-2H3,(H,18,20);1H. The fourth-order valence-corrected chi connectivity index (χ4v) is 2.70. The number of likely N-dealkylation sites (N-methyl/N-ethyl adjacent to an activating group) is 1. The Labute approximate surface area is 138 Å². The second-order valence-corrected chi connectivity index (χ2v) is 5.53. The minimum atomic E-state index is 0. The van der Waals surface area contributed by atoms with E-state index in [2.05, 4.69) is 15.5 Å². The molecule has 1 amide bonds. The van der Waals surface area contributed by atoms with E-state index in [-0.39, 0.29) is 18.3 Å². The number of carbonyl (C=O) groups is 1. The maximum Gasteiger partial charge on any atom is 0.238 e. The molecule has 0 radical (unpaired) electrons. The summed E-state index contributed by atoms with van der Waals surface area (Å²) in [6, 6.07) is 7.91. The van der Waals surface area contributed by atoms with Crippen LogP contribution in [0.2, 0.25) is 0 Å². The van der Waals surface area contributed by atoms with Gasteiger partial charge < -0.3 is 15.4 Å². The molecule has 1 aromatic carbocycles. The Hall–Kier alpha value is -1.30. The molecule has 6 heteroatoms. The van der Waals surface area contributed by atoms with Gasteiger partial charge in [0.15, 0.2) is 0 Å². The molecule has 1 atom stereocenters. The van der Waals surface area contributed by atoms with Gasteiger partial charge in [-0.3, -0.25) is 9.69 Å². The molecular weight excluding hydrogens is 302 g/mol. The highest BCUT2D eigenvalue weighted by molar-refractivity contribution is 5.92. The van der Waals surface area contributed by atoms with Gasteiger partial charge in [0.25, 0.3) is 0 Å². The van der Waals surface area contributed by atoms with Gasteiger partial charge in [-0.25, -0.2) is 0 Å². The molecule has 0 saturated carbocycles. The van der Waals surface area contributed by atoms with Crippen molar-refractivity contribution in [1.29, 1.82) is 0 Å². The van der Waals surface area contributed by atoms with Crippen molar-refractivity contribution < 1.29 is 9.53 Å². The van der Waals surface area contributed by atoms with E-state index in [4.69, 9.17) is 4.74 Å². The number of nitrogens with one attached hydrogen (secondary N) is 2. The van der Waals surface area contributed by atoms with Crippen molar-refractivity contribution in [3.05, 3.63) is 24.3 Å². The summed E-state index contributed by atoms with van der Waals surface area (Å²) in [5.41, 5.74) is 0.773. The monoisotopic (exact) mass is 327 g/mol. The van der Waals surface area contributed by atoms with Gasteiger partial charge in [0.2, 0.25) is 5.91 Å². The van der Waals surface area contributed by atoms with Crippen LogP contribution in [-0.4, -0.2) is 50.6 Å². The number of ether oxygens (including phenoxy) is 1. The Morgan fingerprint density at radius 1 is 1.41 bits per heavy atom. The number of nitrogens with zero attached hydrogens (tertiary/aromatic N) is 1. The Bertz CT molecular complexity index is 462. The Kier molecular flexibility index (Phi) is 8.24. The van der Waals surface area contributed by atoms with Crippen LogP contribution < -0.4 is 15.4 Å². The molecule has 0 spiro atoms. The number of rotatable bonds is 5. The highest BCUT2D eigenvalue weighted by Crippen LogP contribution is 2.17. The zero-order valence-electron chi connectivity index (χ0n) is 13.3. The van der Waals surface area contributed by atoms with Crippen molar-refractivity contribution in [3.8, 4) is 5.75 Å². The van der Waals surface area contributed by atoms with E-state index in [1.165, 1.54) is 6.42 Å². The lowest BCUT2D eigenvalue weighted by molar-refractivity contribution is -0.117. The highest BCUT2D eigenvalue weighted by Gasteiger charge is 2.18. The van der Waals surface area contributed by atoms with Gasteiger partial charge in [-0.2, -0.15) is 0 Å². The fourth-order valence-electron chi connectivity index (χ4n) is 2.70. The van der Waals surface area contributed by atoms with Crippen LogP contribution in [0.15, 0.2) is 24.3 Å². The zero-order valence-corrected chi connectivity index (χ0v) is 14.1. The number of hydrogen-bond donors (Lipinski definition) is 2. The van der Waals surface area contributed by atoms with Crippen LogP contribution >= 0.6 is 12.4 Å². The highest BCUT2D eigenvalue weighted by atomic mass is 35.5. The fraction of sp³-hybridized carbons (Fsp3) is 0.562. The number of methoxy groups -OCH3 is 1. The van der Waals surface area contributed by atoms with Crippen molar-refractivity contribution in [2.45, 2.75) is 25.3 Å². The molecule has 1 aromatic rings. The molecular formula is C16H26ClN3O2. The summed E-state index contributed by atoms with van der Waals surface area (Å²) in [6.07, 6.45) is 3.42. The number of amides is 1. The molecule has 0 aliphatic carbocycles. The first-order valence-corrected chi connectivity index (χ1v) is 7.54. The maximum absolute atomic E-state index is 12.1. The Morgan fingerprint density at radius 3 is 3.00 bits per heavy atom. The van der Waals surface area contributed by atoms with Crippen molar-refractivity contribution in [3.63, 3.8) is 0 Å². The molecule has 1 unspecified atom stereocenters. The molecule has 124 valence electrons. The third-order valence-corrected chi connectivity index (χ3v) is 3.92. The van der Waals surface area contributed by atoms with Crippen molar-refractivity contribution in [1.82, 2.24) is 10.2 Å². The smallest absolute Gasteiger partial charge is 0.238 e. The summed E-state index contributed by atoms with van der Waals surface area (Å²) in [7, 11) is 3.65. The van der Waals surface area contributed by atoms with E-state index in [0.29, 0.717) is 12.6 Å². The van der Waals surface area contributed by atoms with Gasteiger partial charge in [-0.05, 0) is 51.5 Å². The molecule has 1 fully saturated rings. The van der Waals surface area contributed by atoms with Crippen molar-refractivity contribution >= 4 is 24.0 Å². The number of hydrogen-bond acceptors (Lipinski definition) is 4. The average molecular weight is 328 g/mol. The third-order valence-electron chi connectivity index (χ3n) is 3.92. The van der Waals surface area contributed by atoms with E-state index in [1.54, 1.807) is 7.11 Å². The SMILES string of the molecule is COc1cccc(NC(=O)CN(C)C2CCCNCC2)c1.Cl. The first-order chi connectivity index (χ1) is 10.2. The van der Waals surface area contributed by atoms with E-state index in [1.807, 2.05) is 31.3 Å². The van der Waals surface area contributed by atoms with Crippen LogP contribution in [-0.2, 0) is 4.79 Å². The van der Waals surface area contributed by atoms with E-state index >= 15 is 0 Å². The van der Waals surface area contributed by atoms with Crippen LogP contribution in [0, 0.1) is 0 Å². The summed E-state index contributed by atoms with van der Waals surface area (Å²) < 4.78 is 5.16. The molecule has 0 aromatic heterocycles. The minimum Gasteiger partial charge on any atom is -0.497 e. The summed E-state index contributed by atoms with van der Waals surface area (Å²) in [5.74, 6) is 0.763. The number of halogens is 1. The van der Waals surface area contributed by atoms with Gasteiger partial charge in [-0.1, -0.05) is 6.07 Å². The second kappa shape index (κ2) is 9.66. The minimum absolute atomic E-state index is 0. The third kappa shape index (κ3) is 5.83. The predicted octanol–water partition coefficient (Wildman–Crippen LogP) is 2.13. The van der Waals surface area contributed by atoms with E-state index < -0.39 is 0 Å². The van der Waals surface area contributed by atoms with Crippen LogP contribution in [0.4, 0.5) is 5.69 Å². The summed E-state index contributed by atoms with van der Waals surface area (Å²) >= 11 is 0. The molecule has 2 N–H and O–H groups in total. The van der Waals surface area contributed by atoms with E-state index in [0.717, 1.165) is 37.4 Å². The van der Waals surface area contributed by atoms with Gasteiger partial charge >= 0.3 is 0 Å². The normalized spacial score (nSPS) is 18.2. The lowest BCUT2D eigenvalue weighted by Gasteiger charge is -2.26. The molecule has 1 saturated heterocycles. The predicted molar refractivity (Wildman–Crippen MR) is 92.0 cm³/mol. The quantitative estimate of drug-likeness (QED) is 0.870. The summed E-state index contributed by atoms with van der Waals surface area (Å²) in [5, 5.41) is 6.32. The molecule has 1 aliphatic rings. The Morgan fingerprint density at radius 2 is 2.23 bits per heavy atom. The first kappa shape index (κ1) is 18.7. The van der Waals surface area contributed by atoms with Gasteiger partial charge in [-0.15, -0.1) is 12.4 Å². The van der Waals surface area contributed by atoms with Crippen molar-refractivity contribution in [2.75, 3.05) is 39.1 Å². The topological polar surface area (TPSA) is 53.6 Å². The molecule has 5 nitrogen and oxygen atoms in total. The molecule has 1 aliphatic heterocycles. The molecule has 0 bridgehead atoms. The van der Waals surface area contributed by atoms with Crippen LogP contribution in [0.25, 0.3) is 0 Å². The largest absolute Gasteiger partial charge is 0.497 e. The number of carbonyl (C=O) groups excluding carboxylic acids is 1. The number of anilines is 1. The zero-order chi connectivity index (χ0) is 15.1. The Balaban J connectivity index is 0.00000242. The maximum atomic E-state index is 12.1. The van der Waals surface area contributed by atoms with Crippen LogP contribution in [0.3, 0.4) is 0 Å². The van der Waals surface area contributed by atoms with Crippen molar-refractivity contribution in [2.24, 2.45) is 0 Å². The average Bonchev–Trinajstić information content (AvgIpc) is 2.76. The molecule has 1 heterocycles. The second-order valence-electron chi connectivity index (χ2n) is 5.53. The van der Waals surface area contributed by atoms with Crippen LogP contribution in [0.5, 0.6) is 5.75 Å². The molecule has 22 heavy (non-hydrogen) atoms. The first-order valence-electron chi connectivity index (χ1n) is 7.54. The van der Waals surface area contributed by atoms with E-state index in [9.17, 15) is 4.79 Å². The molecule has 2 rings (SSSR count). The lowest BCUT2D eigenvalue weighted by Crippen LogP contribution is -2.38. The summed E-state index contributed by atoms with van der Waals surface area (Å²) in [4.78, 5) is 14.3. The number of benzene rings is 1. The van der Waals surface area contributed by atoms with Gasteiger partial charge in [0.05, 0.1) is 13.7 Å². The van der Waals surface area contributed by atoms with Gasteiger partial charge in [0, 0.05) is 17.8 Å². The van der Waals surface area contributed by atoms with Gasteiger partial charge in [0.1, 0.15) is 5.75 Å². The lowest BCUT2D eigenvalue weighted by atomic mass is 10.1. The van der Waals surface area contributed by atoms with Crippen LogP contribution in [0.1, 0.15) is 19.3 Å². The summed E-state index contributed by atoms with van der Waals surface area (Å²) in [6.45, 7) is 2.54.